The molecule has 0 saturated carbocycles. The van der Waals surface area contributed by atoms with Crippen molar-refractivity contribution in [2.45, 2.75) is 6.92 Å². The summed E-state index contributed by atoms with van der Waals surface area (Å²) < 4.78 is 35.8. The zero-order valence-electron chi connectivity index (χ0n) is 7.18. The number of hydrogen-bond acceptors (Lipinski definition) is 2. The van der Waals surface area contributed by atoms with Crippen molar-refractivity contribution in [3.63, 3.8) is 0 Å². The molecule has 13 heavy (non-hydrogen) atoms. The van der Waals surface area contributed by atoms with Crippen LogP contribution in [0.2, 0.25) is 0 Å². The van der Waals surface area contributed by atoms with E-state index in [1.54, 1.807) is 0 Å². The smallest absolute Gasteiger partial charge is 0.444 e. The maximum absolute atomic E-state index is 12.2. The fourth-order valence-corrected chi connectivity index (χ4v) is 1.80. The molecule has 0 aliphatic heterocycles. The van der Waals surface area contributed by atoms with Crippen molar-refractivity contribution in [2.75, 3.05) is 0 Å². The Morgan fingerprint density at radius 2 is 2.00 bits per heavy atom. The summed E-state index contributed by atoms with van der Waals surface area (Å²) in [6.07, 6.45) is 0.434. The van der Waals surface area contributed by atoms with Gasteiger partial charge in [0, 0.05) is 0 Å². The monoisotopic (exact) mass is 232 g/mol. The molecule has 1 aromatic heterocycles. The number of aryl methyl sites for hydroxylation is 1. The zero-order chi connectivity index (χ0) is 9.35. The van der Waals surface area contributed by atoms with Gasteiger partial charge in [-0.15, -0.1) is 0 Å². The van der Waals surface area contributed by atoms with E-state index in [0.29, 0.717) is 17.6 Å². The van der Waals surface area contributed by atoms with Crippen LogP contribution in [0.15, 0.2) is 6.07 Å². The number of carbonyl (C=O) groups is 1. The number of thiophene rings is 1. The molecule has 0 spiro atoms. The molecule has 0 bridgehead atoms. The first-order valence-corrected chi connectivity index (χ1v) is 4.02. The number of carbonyl (C=O) groups excluding carboxylic acids is 1. The van der Waals surface area contributed by atoms with E-state index in [2.05, 4.69) is 0 Å². The van der Waals surface area contributed by atoms with Gasteiger partial charge in [-0.1, -0.05) is 10.3 Å². The summed E-state index contributed by atoms with van der Waals surface area (Å²) in [5.41, 5.74) is 0.134. The van der Waals surface area contributed by atoms with Crippen molar-refractivity contribution >= 4 is 29.4 Å². The summed E-state index contributed by atoms with van der Waals surface area (Å²) in [4.78, 5) is 10.3. The van der Waals surface area contributed by atoms with Crippen LogP contribution >= 0.6 is 11.3 Å². The van der Waals surface area contributed by atoms with Gasteiger partial charge in [0.25, 0.3) is 0 Å². The Kier molecular flexibility index (Phi) is 5.42. The molecule has 0 atom stereocenters. The predicted molar refractivity (Wildman–Crippen MR) is 43.2 cm³/mol. The van der Waals surface area contributed by atoms with E-state index in [1.807, 2.05) is 0 Å². The molecule has 0 N–H and O–H groups in total. The van der Waals surface area contributed by atoms with Gasteiger partial charge >= 0.3 is 58.4 Å². The second-order valence-corrected chi connectivity index (χ2v) is 3.50. The molecule has 1 rings (SSSR count). The molecule has 0 aliphatic rings. The summed E-state index contributed by atoms with van der Waals surface area (Å²) in [5, 5.41) is 0. The van der Waals surface area contributed by atoms with E-state index in [9.17, 15) is 17.7 Å². The third kappa shape index (κ3) is 3.49. The van der Waals surface area contributed by atoms with E-state index in [0.717, 1.165) is 0 Å². The first-order chi connectivity index (χ1) is 5.45. The molecule has 1 aromatic rings. The summed E-state index contributed by atoms with van der Waals surface area (Å²) in [5.74, 6) is 0. The van der Waals surface area contributed by atoms with Crippen LogP contribution < -0.4 is 56.2 Å². The van der Waals surface area contributed by atoms with Gasteiger partial charge in [-0.05, 0) is 13.0 Å². The minimum atomic E-state index is -4.96. The maximum atomic E-state index is 12.2. The Bertz CT molecular complexity index is 309. The molecule has 66 valence electrons. The van der Waals surface area contributed by atoms with Crippen molar-refractivity contribution in [3.8, 4) is 0 Å². The Labute approximate surface area is 120 Å². The van der Waals surface area contributed by atoms with Gasteiger partial charge in [-0.25, -0.2) is 0 Å². The molecule has 1 nitrogen and oxygen atoms in total. The van der Waals surface area contributed by atoms with Crippen LogP contribution in [-0.2, 0) is 0 Å². The zero-order valence-corrected chi connectivity index (χ0v) is 11.1. The maximum Gasteiger partial charge on any atom is 1.00 e. The number of halogens is 3. The van der Waals surface area contributed by atoms with E-state index in [1.165, 1.54) is 13.0 Å². The van der Waals surface area contributed by atoms with E-state index >= 15 is 0 Å². The Balaban J connectivity index is 0.00000144. The average molecular weight is 232 g/mol. The van der Waals surface area contributed by atoms with Gasteiger partial charge in [-0.2, -0.15) is 11.3 Å². The van der Waals surface area contributed by atoms with E-state index in [-0.39, 0.29) is 61.8 Å². The third-order valence-corrected chi connectivity index (χ3v) is 2.65. The molecular formula is C6H5BF3KOS. The van der Waals surface area contributed by atoms with Crippen LogP contribution in [0.3, 0.4) is 0 Å². The number of hydrogen-bond donors (Lipinski definition) is 0. The van der Waals surface area contributed by atoms with Crippen LogP contribution in [0.5, 0.6) is 0 Å². The van der Waals surface area contributed by atoms with Crippen molar-refractivity contribution in [1.29, 1.82) is 0 Å². The SMILES string of the molecule is Cc1cc(C=O)sc1[B-](F)(F)F.[K+]. The van der Waals surface area contributed by atoms with Gasteiger partial charge in [0.05, 0.1) is 4.88 Å². The van der Waals surface area contributed by atoms with Crippen LogP contribution in [0.1, 0.15) is 15.2 Å². The molecule has 0 fully saturated rings. The van der Waals surface area contributed by atoms with Crippen LogP contribution in [0.4, 0.5) is 12.9 Å². The molecule has 0 saturated heterocycles. The summed E-state index contributed by atoms with van der Waals surface area (Å²) in [6, 6.07) is 1.25. The largest absolute Gasteiger partial charge is 1.00 e. The van der Waals surface area contributed by atoms with Gasteiger partial charge in [0.1, 0.15) is 0 Å². The van der Waals surface area contributed by atoms with Crippen molar-refractivity contribution in [2.24, 2.45) is 0 Å². The normalized spacial score (nSPS) is 10.8. The minimum absolute atomic E-state index is 0. The van der Waals surface area contributed by atoms with Crippen molar-refractivity contribution < 1.29 is 69.1 Å². The first kappa shape index (κ1) is 13.9. The molecule has 0 amide bonds. The number of rotatable bonds is 2. The average Bonchev–Trinajstić information content (AvgIpc) is 2.29. The summed E-state index contributed by atoms with van der Waals surface area (Å²) in [6.45, 7) is -3.60. The second kappa shape index (κ2) is 5.09. The van der Waals surface area contributed by atoms with E-state index in [4.69, 9.17) is 0 Å². The fourth-order valence-electron chi connectivity index (χ4n) is 0.904. The molecule has 0 aromatic carbocycles. The molecular weight excluding hydrogens is 227 g/mol. The quantitative estimate of drug-likeness (QED) is 0.468. The van der Waals surface area contributed by atoms with Crippen LogP contribution in [0, 0.1) is 6.92 Å². The molecule has 0 radical (unpaired) electrons. The minimum Gasteiger partial charge on any atom is -0.444 e. The Hall–Kier alpha value is 0.861. The van der Waals surface area contributed by atoms with Crippen LogP contribution in [-0.4, -0.2) is 13.3 Å². The number of aldehydes is 1. The summed E-state index contributed by atoms with van der Waals surface area (Å²) >= 11 is 0.501. The fraction of sp³-hybridized carbons (Fsp3) is 0.167. The molecule has 0 unspecified atom stereocenters. The molecule has 7 heteroatoms. The molecule has 0 aliphatic carbocycles. The first-order valence-electron chi connectivity index (χ1n) is 3.20. The second-order valence-electron chi connectivity index (χ2n) is 2.39. The Morgan fingerprint density at radius 3 is 2.23 bits per heavy atom. The third-order valence-electron chi connectivity index (χ3n) is 1.39. The topological polar surface area (TPSA) is 17.1 Å². The van der Waals surface area contributed by atoms with Gasteiger partial charge in [0.2, 0.25) is 0 Å². The van der Waals surface area contributed by atoms with E-state index < -0.39 is 11.8 Å². The van der Waals surface area contributed by atoms with Crippen molar-refractivity contribution in [1.82, 2.24) is 0 Å². The van der Waals surface area contributed by atoms with Gasteiger partial charge in [0.15, 0.2) is 6.29 Å². The van der Waals surface area contributed by atoms with Crippen molar-refractivity contribution in [3.05, 3.63) is 16.5 Å². The van der Waals surface area contributed by atoms with Gasteiger partial charge < -0.3 is 12.9 Å². The standard InChI is InChI=1S/C6H5BF3OS.K/c1-4-2-5(3-11)12-6(4)7(8,9)10;/h2-3H,1H3;/q-1;+1. The van der Waals surface area contributed by atoms with Crippen LogP contribution in [0.25, 0.3) is 0 Å². The molecule has 1 heterocycles. The predicted octanol–water partition coefficient (Wildman–Crippen LogP) is -1.07. The Morgan fingerprint density at radius 1 is 1.46 bits per heavy atom. The van der Waals surface area contributed by atoms with Gasteiger partial charge in [-0.3, -0.25) is 4.79 Å². The summed E-state index contributed by atoms with van der Waals surface area (Å²) in [7, 11) is 0.